The predicted molar refractivity (Wildman–Crippen MR) is 57.6 cm³/mol. The largest absolute Gasteiger partial charge is 0.412 e. The molecular formula is C11H12OS. The first-order valence-electron chi connectivity index (χ1n) is 4.06. The van der Waals surface area contributed by atoms with E-state index in [2.05, 4.69) is 17.2 Å². The second-order valence-corrected chi connectivity index (χ2v) is 3.33. The first-order valence-corrected chi connectivity index (χ1v) is 4.80. The van der Waals surface area contributed by atoms with Crippen molar-refractivity contribution in [3.8, 4) is 16.9 Å². The third-order valence-corrected chi connectivity index (χ3v) is 2.17. The lowest BCUT2D eigenvalue weighted by molar-refractivity contribution is 0.646. The van der Waals surface area contributed by atoms with Gasteiger partial charge in [0.2, 0.25) is 0 Å². The Morgan fingerprint density at radius 3 is 2.77 bits per heavy atom. The van der Waals surface area contributed by atoms with E-state index in [9.17, 15) is 0 Å². The number of rotatable bonds is 2. The van der Waals surface area contributed by atoms with Crippen LogP contribution in [0.2, 0.25) is 0 Å². The summed E-state index contributed by atoms with van der Waals surface area (Å²) in [6, 6.07) is 6.13. The van der Waals surface area contributed by atoms with E-state index in [1.807, 2.05) is 26.0 Å². The molecule has 1 aromatic carbocycles. The van der Waals surface area contributed by atoms with Crippen molar-refractivity contribution in [3.63, 3.8) is 0 Å². The highest BCUT2D eigenvalue weighted by atomic mass is 32.2. The molecule has 13 heavy (non-hydrogen) atoms. The van der Waals surface area contributed by atoms with Crippen LogP contribution in [0.3, 0.4) is 0 Å². The summed E-state index contributed by atoms with van der Waals surface area (Å²) < 4.78 is 5.40. The second-order valence-electron chi connectivity index (χ2n) is 2.79. The first kappa shape index (κ1) is 10.0. The maximum absolute atomic E-state index is 5.40. The summed E-state index contributed by atoms with van der Waals surface area (Å²) >= 11 is 1.17. The molecule has 0 spiro atoms. The lowest BCUT2D eigenvalue weighted by atomic mass is 10.1. The SMILES string of the molecule is CC#CSOc1cc(C)ccc1C. The highest BCUT2D eigenvalue weighted by Crippen LogP contribution is 2.22. The molecule has 0 aliphatic carbocycles. The predicted octanol–water partition coefficient (Wildman–Crippen LogP) is 3.31. The number of hydrogen-bond donors (Lipinski definition) is 0. The summed E-state index contributed by atoms with van der Waals surface area (Å²) in [6.07, 6.45) is 0. The first-order chi connectivity index (χ1) is 6.24. The Morgan fingerprint density at radius 1 is 1.31 bits per heavy atom. The van der Waals surface area contributed by atoms with Gasteiger partial charge in [-0.2, -0.15) is 0 Å². The normalized spacial score (nSPS) is 8.85. The molecule has 0 amide bonds. The minimum atomic E-state index is 0.896. The van der Waals surface area contributed by atoms with Crippen molar-refractivity contribution < 1.29 is 4.18 Å². The van der Waals surface area contributed by atoms with Crippen LogP contribution in [-0.4, -0.2) is 0 Å². The van der Waals surface area contributed by atoms with E-state index in [1.54, 1.807) is 6.92 Å². The summed E-state index contributed by atoms with van der Waals surface area (Å²) in [5.74, 6) is 3.66. The minimum Gasteiger partial charge on any atom is -0.412 e. The van der Waals surface area contributed by atoms with Gasteiger partial charge in [0.15, 0.2) is 0 Å². The van der Waals surface area contributed by atoms with Gasteiger partial charge in [-0.3, -0.25) is 0 Å². The van der Waals surface area contributed by atoms with Crippen molar-refractivity contribution in [2.75, 3.05) is 0 Å². The molecule has 68 valence electrons. The monoisotopic (exact) mass is 192 g/mol. The smallest absolute Gasteiger partial charge is 0.145 e. The maximum atomic E-state index is 5.40. The molecule has 0 bridgehead atoms. The Balaban J connectivity index is 2.73. The zero-order valence-electron chi connectivity index (χ0n) is 8.05. The van der Waals surface area contributed by atoms with Crippen molar-refractivity contribution in [2.24, 2.45) is 0 Å². The van der Waals surface area contributed by atoms with Crippen LogP contribution in [-0.2, 0) is 0 Å². The summed E-state index contributed by atoms with van der Waals surface area (Å²) in [7, 11) is 0. The highest BCUT2D eigenvalue weighted by Gasteiger charge is 1.98. The molecule has 0 saturated heterocycles. The van der Waals surface area contributed by atoms with E-state index >= 15 is 0 Å². The fourth-order valence-electron chi connectivity index (χ4n) is 0.904. The highest BCUT2D eigenvalue weighted by molar-refractivity contribution is 7.99. The van der Waals surface area contributed by atoms with Crippen LogP contribution in [0.1, 0.15) is 18.1 Å². The zero-order valence-corrected chi connectivity index (χ0v) is 8.87. The van der Waals surface area contributed by atoms with Gasteiger partial charge in [0.1, 0.15) is 17.8 Å². The third kappa shape index (κ3) is 3.04. The zero-order chi connectivity index (χ0) is 9.68. The van der Waals surface area contributed by atoms with Crippen LogP contribution in [0.5, 0.6) is 5.75 Å². The summed E-state index contributed by atoms with van der Waals surface area (Å²) in [4.78, 5) is 0. The molecular weight excluding hydrogens is 180 g/mol. The molecule has 2 heteroatoms. The van der Waals surface area contributed by atoms with Gasteiger partial charge < -0.3 is 4.18 Å². The lowest BCUT2D eigenvalue weighted by Gasteiger charge is -2.04. The molecule has 1 nitrogen and oxygen atoms in total. The molecule has 0 aliphatic heterocycles. The van der Waals surface area contributed by atoms with Crippen molar-refractivity contribution >= 4 is 12.0 Å². The standard InChI is InChI=1S/C11H12OS/c1-4-7-13-12-11-8-9(2)5-6-10(11)3/h5-6,8H,1-3H3. The maximum Gasteiger partial charge on any atom is 0.145 e. The summed E-state index contributed by atoms with van der Waals surface area (Å²) in [5.41, 5.74) is 2.33. The Morgan fingerprint density at radius 2 is 2.08 bits per heavy atom. The summed E-state index contributed by atoms with van der Waals surface area (Å²) in [6.45, 7) is 5.86. The molecule has 0 heterocycles. The molecule has 0 radical (unpaired) electrons. The molecule has 0 N–H and O–H groups in total. The van der Waals surface area contributed by atoms with Gasteiger partial charge in [-0.1, -0.05) is 18.1 Å². The second kappa shape index (κ2) is 4.84. The fraction of sp³-hybridized carbons (Fsp3) is 0.273. The molecule has 0 aliphatic rings. The lowest BCUT2D eigenvalue weighted by Crippen LogP contribution is -1.84. The van der Waals surface area contributed by atoms with Crippen LogP contribution in [0, 0.1) is 25.0 Å². The van der Waals surface area contributed by atoms with Crippen molar-refractivity contribution in [3.05, 3.63) is 29.3 Å². The molecule has 0 unspecified atom stereocenters. The van der Waals surface area contributed by atoms with E-state index < -0.39 is 0 Å². The van der Waals surface area contributed by atoms with E-state index in [-0.39, 0.29) is 0 Å². The number of aryl methyl sites for hydroxylation is 2. The van der Waals surface area contributed by atoms with Crippen LogP contribution < -0.4 is 4.18 Å². The molecule has 1 aromatic rings. The van der Waals surface area contributed by atoms with Gasteiger partial charge in [-0.15, -0.1) is 0 Å². The fourth-order valence-corrected chi connectivity index (χ4v) is 1.30. The Labute approximate surface area is 83.7 Å². The van der Waals surface area contributed by atoms with Crippen LogP contribution in [0.4, 0.5) is 0 Å². The van der Waals surface area contributed by atoms with Crippen molar-refractivity contribution in [1.29, 1.82) is 0 Å². The van der Waals surface area contributed by atoms with E-state index in [0.29, 0.717) is 0 Å². The molecule has 0 atom stereocenters. The van der Waals surface area contributed by atoms with Crippen molar-refractivity contribution in [1.82, 2.24) is 0 Å². The molecule has 0 aromatic heterocycles. The van der Waals surface area contributed by atoms with Crippen LogP contribution in [0.15, 0.2) is 18.2 Å². The van der Waals surface area contributed by atoms with Gasteiger partial charge in [0.05, 0.1) is 0 Å². The summed E-state index contributed by atoms with van der Waals surface area (Å²) in [5, 5.41) is 2.79. The van der Waals surface area contributed by atoms with E-state index in [0.717, 1.165) is 11.3 Å². The van der Waals surface area contributed by atoms with Gasteiger partial charge >= 0.3 is 0 Å². The van der Waals surface area contributed by atoms with Crippen LogP contribution in [0.25, 0.3) is 0 Å². The molecule has 1 rings (SSSR count). The van der Waals surface area contributed by atoms with Gasteiger partial charge in [-0.05, 0) is 38.0 Å². The Hall–Kier alpha value is -1.07. The quantitative estimate of drug-likeness (QED) is 0.525. The molecule has 0 fully saturated rings. The number of benzene rings is 1. The van der Waals surface area contributed by atoms with Gasteiger partial charge in [0.25, 0.3) is 0 Å². The van der Waals surface area contributed by atoms with Crippen molar-refractivity contribution in [2.45, 2.75) is 20.8 Å². The Bertz CT molecular complexity index is 347. The third-order valence-electron chi connectivity index (χ3n) is 1.62. The van der Waals surface area contributed by atoms with Gasteiger partial charge in [0, 0.05) is 5.25 Å². The Kier molecular flexibility index (Phi) is 3.72. The molecule has 0 saturated carbocycles. The number of hydrogen-bond acceptors (Lipinski definition) is 2. The van der Waals surface area contributed by atoms with E-state index in [1.165, 1.54) is 17.6 Å². The minimum absolute atomic E-state index is 0.896. The van der Waals surface area contributed by atoms with E-state index in [4.69, 9.17) is 4.18 Å². The average molecular weight is 192 g/mol. The average Bonchev–Trinajstić information content (AvgIpc) is 2.11. The topological polar surface area (TPSA) is 9.23 Å². The van der Waals surface area contributed by atoms with Gasteiger partial charge in [-0.25, -0.2) is 0 Å². The van der Waals surface area contributed by atoms with Crippen LogP contribution >= 0.6 is 12.0 Å².